The summed E-state index contributed by atoms with van der Waals surface area (Å²) in [4.78, 5) is 12.2. The van der Waals surface area contributed by atoms with Crippen molar-refractivity contribution in [3.05, 3.63) is 65.4 Å². The van der Waals surface area contributed by atoms with Gasteiger partial charge in [-0.15, -0.1) is 5.10 Å². The van der Waals surface area contributed by atoms with E-state index in [-0.39, 0.29) is 5.91 Å². The average Bonchev–Trinajstić information content (AvgIpc) is 3.14. The molecule has 0 saturated heterocycles. The lowest BCUT2D eigenvalue weighted by atomic mass is 10.2. The highest BCUT2D eigenvalue weighted by Gasteiger charge is 2.08. The summed E-state index contributed by atoms with van der Waals surface area (Å²) in [6.07, 6.45) is 4.33. The largest absolute Gasteiger partial charge is 0.494 e. The number of nitrogens with one attached hydrogen (secondary N) is 1. The normalized spacial score (nSPS) is 10.4. The van der Waals surface area contributed by atoms with Crippen LogP contribution >= 0.6 is 15.9 Å². The Morgan fingerprint density at radius 2 is 2.08 bits per heavy atom. The molecular weight excluding hydrogens is 384 g/mol. The standard InChI is InChI=1S/C18H17BrN4O2/c19-14-5-3-6-15(13-14)25-12-4-9-18(24)21-16-7-1-2-8-17(16)23-11-10-20-22-23/h1-3,5-8,10-11,13H,4,9,12H2,(H,21,24). The first kappa shape index (κ1) is 17.2. The summed E-state index contributed by atoms with van der Waals surface area (Å²) >= 11 is 3.40. The van der Waals surface area contributed by atoms with Gasteiger partial charge in [0.15, 0.2) is 0 Å². The van der Waals surface area contributed by atoms with Gasteiger partial charge in [-0.05, 0) is 36.8 Å². The molecule has 0 saturated carbocycles. The van der Waals surface area contributed by atoms with Gasteiger partial charge >= 0.3 is 0 Å². The summed E-state index contributed by atoms with van der Waals surface area (Å²) in [7, 11) is 0. The highest BCUT2D eigenvalue weighted by molar-refractivity contribution is 9.10. The molecule has 0 spiro atoms. The molecule has 2 aromatic carbocycles. The van der Waals surface area contributed by atoms with Crippen molar-refractivity contribution in [2.75, 3.05) is 11.9 Å². The van der Waals surface area contributed by atoms with Crippen LogP contribution in [0.4, 0.5) is 5.69 Å². The number of carbonyl (C=O) groups excluding carboxylic acids is 1. The number of amides is 1. The van der Waals surface area contributed by atoms with Crippen LogP contribution in [-0.2, 0) is 4.79 Å². The second kappa shape index (κ2) is 8.43. The van der Waals surface area contributed by atoms with Gasteiger partial charge in [0.05, 0.1) is 30.4 Å². The number of ether oxygens (including phenoxy) is 1. The quantitative estimate of drug-likeness (QED) is 0.611. The molecule has 0 unspecified atom stereocenters. The van der Waals surface area contributed by atoms with Crippen molar-refractivity contribution in [1.82, 2.24) is 15.0 Å². The molecule has 0 aliphatic heterocycles. The van der Waals surface area contributed by atoms with Crippen LogP contribution < -0.4 is 10.1 Å². The predicted octanol–water partition coefficient (Wildman–Crippen LogP) is 3.83. The summed E-state index contributed by atoms with van der Waals surface area (Å²) in [6, 6.07) is 15.1. The van der Waals surface area contributed by atoms with Crippen molar-refractivity contribution in [3.8, 4) is 11.4 Å². The third-order valence-corrected chi connectivity index (χ3v) is 3.95. The molecule has 3 rings (SSSR count). The molecule has 7 heteroatoms. The van der Waals surface area contributed by atoms with Gasteiger partial charge in [-0.1, -0.05) is 39.3 Å². The molecule has 0 aliphatic carbocycles. The van der Waals surface area contributed by atoms with Gasteiger partial charge < -0.3 is 10.1 Å². The summed E-state index contributed by atoms with van der Waals surface area (Å²) < 4.78 is 8.22. The zero-order valence-electron chi connectivity index (χ0n) is 13.4. The molecule has 1 aromatic heterocycles. The summed E-state index contributed by atoms with van der Waals surface area (Å²) in [6.45, 7) is 0.481. The SMILES string of the molecule is O=C(CCCOc1cccc(Br)c1)Nc1ccccc1-n1ccnn1. The van der Waals surface area contributed by atoms with Crippen LogP contribution in [-0.4, -0.2) is 27.5 Å². The maximum Gasteiger partial charge on any atom is 0.224 e. The van der Waals surface area contributed by atoms with Crippen LogP contribution in [0.15, 0.2) is 65.4 Å². The van der Waals surface area contributed by atoms with E-state index in [0.29, 0.717) is 25.1 Å². The lowest BCUT2D eigenvalue weighted by molar-refractivity contribution is -0.116. The predicted molar refractivity (Wildman–Crippen MR) is 98.9 cm³/mol. The highest BCUT2D eigenvalue weighted by Crippen LogP contribution is 2.20. The number of rotatable bonds is 7. The number of nitrogens with zero attached hydrogens (tertiary/aromatic N) is 3. The second-order valence-electron chi connectivity index (χ2n) is 5.32. The van der Waals surface area contributed by atoms with Gasteiger partial charge in [-0.2, -0.15) is 0 Å². The third kappa shape index (κ3) is 4.90. The molecule has 1 heterocycles. The van der Waals surface area contributed by atoms with Gasteiger partial charge in [-0.25, -0.2) is 4.68 Å². The Morgan fingerprint density at radius 1 is 1.20 bits per heavy atom. The molecule has 0 fully saturated rings. The topological polar surface area (TPSA) is 69.0 Å². The zero-order chi connectivity index (χ0) is 17.5. The molecule has 0 radical (unpaired) electrons. The lowest BCUT2D eigenvalue weighted by Crippen LogP contribution is -2.14. The fourth-order valence-corrected chi connectivity index (χ4v) is 2.69. The first-order chi connectivity index (χ1) is 12.2. The van der Waals surface area contributed by atoms with E-state index < -0.39 is 0 Å². The molecule has 128 valence electrons. The Kier molecular flexibility index (Phi) is 5.79. The van der Waals surface area contributed by atoms with Crippen LogP contribution in [0.1, 0.15) is 12.8 Å². The Morgan fingerprint density at radius 3 is 2.88 bits per heavy atom. The van der Waals surface area contributed by atoms with E-state index in [4.69, 9.17) is 4.74 Å². The second-order valence-corrected chi connectivity index (χ2v) is 6.24. The molecule has 1 N–H and O–H groups in total. The molecular formula is C18H17BrN4O2. The highest BCUT2D eigenvalue weighted by atomic mass is 79.9. The van der Waals surface area contributed by atoms with Crippen molar-refractivity contribution >= 4 is 27.5 Å². The smallest absolute Gasteiger partial charge is 0.224 e. The van der Waals surface area contributed by atoms with E-state index in [9.17, 15) is 4.79 Å². The molecule has 0 aliphatic rings. The van der Waals surface area contributed by atoms with Crippen LogP contribution in [0.2, 0.25) is 0 Å². The zero-order valence-corrected chi connectivity index (χ0v) is 15.0. The molecule has 0 atom stereocenters. The molecule has 3 aromatic rings. The Bertz CT molecular complexity index is 837. The number of halogens is 1. The summed E-state index contributed by atoms with van der Waals surface area (Å²) in [5.74, 6) is 0.719. The van der Waals surface area contributed by atoms with Gasteiger partial charge in [0.2, 0.25) is 5.91 Å². The van der Waals surface area contributed by atoms with Crippen molar-refractivity contribution in [2.24, 2.45) is 0 Å². The van der Waals surface area contributed by atoms with Gasteiger partial charge in [-0.3, -0.25) is 4.79 Å². The van der Waals surface area contributed by atoms with Crippen molar-refractivity contribution in [3.63, 3.8) is 0 Å². The monoisotopic (exact) mass is 400 g/mol. The number of para-hydroxylation sites is 2. The fourth-order valence-electron chi connectivity index (χ4n) is 2.31. The minimum atomic E-state index is -0.0644. The van der Waals surface area contributed by atoms with Crippen LogP contribution in [0.25, 0.3) is 5.69 Å². The van der Waals surface area contributed by atoms with E-state index in [1.54, 1.807) is 17.1 Å². The number of carbonyl (C=O) groups is 1. The van der Waals surface area contributed by atoms with E-state index in [2.05, 4.69) is 31.6 Å². The Labute approximate surface area is 153 Å². The number of anilines is 1. The number of hydrogen-bond donors (Lipinski definition) is 1. The van der Waals surface area contributed by atoms with E-state index in [1.165, 1.54) is 0 Å². The van der Waals surface area contributed by atoms with E-state index in [1.807, 2.05) is 48.5 Å². The molecule has 0 bridgehead atoms. The van der Waals surface area contributed by atoms with Crippen molar-refractivity contribution in [2.45, 2.75) is 12.8 Å². The maximum atomic E-state index is 12.2. The summed E-state index contributed by atoms with van der Waals surface area (Å²) in [5, 5.41) is 10.7. The molecule has 6 nitrogen and oxygen atoms in total. The molecule has 25 heavy (non-hydrogen) atoms. The van der Waals surface area contributed by atoms with Gasteiger partial charge in [0.1, 0.15) is 5.75 Å². The van der Waals surface area contributed by atoms with Crippen LogP contribution in [0.3, 0.4) is 0 Å². The van der Waals surface area contributed by atoms with Crippen LogP contribution in [0.5, 0.6) is 5.75 Å². The first-order valence-corrected chi connectivity index (χ1v) is 8.65. The fraction of sp³-hybridized carbons (Fsp3) is 0.167. The third-order valence-electron chi connectivity index (χ3n) is 3.46. The Hall–Kier alpha value is -2.67. The van der Waals surface area contributed by atoms with Gasteiger partial charge in [0, 0.05) is 10.9 Å². The van der Waals surface area contributed by atoms with E-state index in [0.717, 1.165) is 15.9 Å². The molecule has 1 amide bonds. The van der Waals surface area contributed by atoms with E-state index >= 15 is 0 Å². The number of benzene rings is 2. The van der Waals surface area contributed by atoms with Gasteiger partial charge in [0.25, 0.3) is 0 Å². The number of hydrogen-bond acceptors (Lipinski definition) is 4. The maximum absolute atomic E-state index is 12.2. The van der Waals surface area contributed by atoms with Crippen LogP contribution in [0, 0.1) is 0 Å². The summed E-state index contributed by atoms with van der Waals surface area (Å²) in [5.41, 5.74) is 1.48. The average molecular weight is 401 g/mol. The first-order valence-electron chi connectivity index (χ1n) is 7.86. The minimum Gasteiger partial charge on any atom is -0.494 e. The minimum absolute atomic E-state index is 0.0644. The van der Waals surface area contributed by atoms with Crippen molar-refractivity contribution in [1.29, 1.82) is 0 Å². The Balaban J connectivity index is 1.50. The number of aromatic nitrogens is 3. The van der Waals surface area contributed by atoms with Crippen molar-refractivity contribution < 1.29 is 9.53 Å². The lowest BCUT2D eigenvalue weighted by Gasteiger charge is -2.11.